The smallest absolute Gasteiger partial charge is 0.228 e. The summed E-state index contributed by atoms with van der Waals surface area (Å²) in [6, 6.07) is 4.98. The Balaban J connectivity index is 1.59. The van der Waals surface area contributed by atoms with Crippen molar-refractivity contribution in [2.75, 3.05) is 36.5 Å². The van der Waals surface area contributed by atoms with Crippen LogP contribution in [0.4, 0.5) is 17.6 Å². The summed E-state index contributed by atoms with van der Waals surface area (Å²) >= 11 is 0. The highest BCUT2D eigenvalue weighted by Gasteiger charge is 2.39. The predicted molar refractivity (Wildman–Crippen MR) is 116 cm³/mol. The van der Waals surface area contributed by atoms with E-state index in [-0.39, 0.29) is 0 Å². The molecule has 158 valence electrons. The minimum atomic E-state index is 0.450. The number of fused-ring (bicyclic) bond motifs is 3. The monoisotopic (exact) mass is 408 g/mol. The van der Waals surface area contributed by atoms with Crippen molar-refractivity contribution in [3.8, 4) is 0 Å². The van der Waals surface area contributed by atoms with Crippen LogP contribution in [0.25, 0.3) is 11.0 Å². The molecule has 2 aliphatic heterocycles. The van der Waals surface area contributed by atoms with Crippen LogP contribution in [0.2, 0.25) is 0 Å². The van der Waals surface area contributed by atoms with E-state index < -0.39 is 0 Å². The number of rotatable bonds is 7. The van der Waals surface area contributed by atoms with Crippen LogP contribution in [0.5, 0.6) is 0 Å². The number of piperazine rings is 1. The minimum absolute atomic E-state index is 0.450. The third-order valence-corrected chi connectivity index (χ3v) is 5.87. The Labute approximate surface area is 175 Å². The third-order valence-electron chi connectivity index (χ3n) is 5.87. The zero-order valence-electron chi connectivity index (χ0n) is 17.7. The lowest BCUT2D eigenvalue weighted by Gasteiger charge is -2.27. The first-order valence-corrected chi connectivity index (χ1v) is 10.6. The Bertz CT molecular complexity index is 1060. The van der Waals surface area contributed by atoms with Crippen LogP contribution in [-0.4, -0.2) is 63.1 Å². The number of aryl methyl sites for hydroxylation is 2. The molecule has 0 aliphatic carbocycles. The third kappa shape index (κ3) is 3.48. The summed E-state index contributed by atoms with van der Waals surface area (Å²) in [5.74, 6) is 2.26. The first-order chi connectivity index (χ1) is 14.6. The van der Waals surface area contributed by atoms with Crippen molar-refractivity contribution in [3.05, 3.63) is 29.6 Å². The molecule has 1 unspecified atom stereocenters. The lowest BCUT2D eigenvalue weighted by molar-refractivity contribution is 0.137. The van der Waals surface area contributed by atoms with Crippen LogP contribution >= 0.6 is 0 Å². The maximum Gasteiger partial charge on any atom is 0.228 e. The topological polar surface area (TPSA) is 93.0 Å². The second kappa shape index (κ2) is 7.81. The molecule has 5 rings (SSSR count). The van der Waals surface area contributed by atoms with Crippen molar-refractivity contribution in [1.82, 2.24) is 30.0 Å². The molecule has 3 aromatic heterocycles. The Kier molecular flexibility index (Phi) is 5.00. The molecule has 0 radical (unpaired) electrons. The molecule has 2 saturated heterocycles. The molecule has 0 saturated carbocycles. The number of anilines is 3. The molecule has 2 aliphatic rings. The van der Waals surface area contributed by atoms with Crippen LogP contribution in [0.15, 0.2) is 18.3 Å². The van der Waals surface area contributed by atoms with E-state index in [0.29, 0.717) is 31.8 Å². The molecule has 2 fully saturated rings. The van der Waals surface area contributed by atoms with Gasteiger partial charge in [-0.2, -0.15) is 10.1 Å². The highest BCUT2D eigenvalue weighted by molar-refractivity contribution is 5.90. The largest absolute Gasteiger partial charge is 0.380 e. The van der Waals surface area contributed by atoms with E-state index in [0.717, 1.165) is 59.4 Å². The summed E-state index contributed by atoms with van der Waals surface area (Å²) in [5.41, 5.74) is 3.80. The number of hydrogen-bond donors (Lipinski definition) is 2. The van der Waals surface area contributed by atoms with Gasteiger partial charge in [0.05, 0.1) is 18.8 Å². The summed E-state index contributed by atoms with van der Waals surface area (Å²) in [6.07, 6.45) is 2.95. The fraction of sp³-hybridized carbons (Fsp3) is 0.524. The van der Waals surface area contributed by atoms with Gasteiger partial charge in [-0.3, -0.25) is 4.68 Å². The van der Waals surface area contributed by atoms with E-state index in [9.17, 15) is 0 Å². The normalized spacial score (nSPS) is 20.4. The van der Waals surface area contributed by atoms with Crippen molar-refractivity contribution in [2.45, 2.75) is 45.8 Å². The second-order valence-corrected chi connectivity index (χ2v) is 8.07. The molecule has 0 spiro atoms. The second-order valence-electron chi connectivity index (χ2n) is 8.07. The van der Waals surface area contributed by atoms with Gasteiger partial charge < -0.3 is 20.3 Å². The van der Waals surface area contributed by atoms with Gasteiger partial charge in [0, 0.05) is 38.0 Å². The highest BCUT2D eigenvalue weighted by atomic mass is 16.5. The van der Waals surface area contributed by atoms with Crippen LogP contribution in [0.3, 0.4) is 0 Å². The number of ether oxygens (including phenoxy) is 1. The van der Waals surface area contributed by atoms with Crippen molar-refractivity contribution < 1.29 is 4.74 Å². The van der Waals surface area contributed by atoms with Crippen LogP contribution in [-0.2, 0) is 11.3 Å². The fourth-order valence-electron chi connectivity index (χ4n) is 4.42. The Morgan fingerprint density at radius 2 is 2.20 bits per heavy atom. The van der Waals surface area contributed by atoms with Gasteiger partial charge in [0.15, 0.2) is 5.82 Å². The fourth-order valence-corrected chi connectivity index (χ4v) is 4.42. The molecule has 0 amide bonds. The summed E-state index contributed by atoms with van der Waals surface area (Å²) < 4.78 is 7.50. The average Bonchev–Trinajstić information content (AvgIpc) is 3.43. The molecule has 30 heavy (non-hydrogen) atoms. The standard InChI is InChI=1S/C21H28N8O/c1-4-30-8-7-29-19-18(14(3)27-29)25-21(28-12-15-10-16(28)11-23-15)26-20(19)24-17-9-13(2)5-6-22-17/h5-6,9,15-16,23H,4,7-8,10-12H2,1-3H3,(H,22,24,25,26)/t15?,16-/m0/s1. The summed E-state index contributed by atoms with van der Waals surface area (Å²) in [7, 11) is 0. The predicted octanol–water partition coefficient (Wildman–Crippen LogP) is 2.17. The zero-order chi connectivity index (χ0) is 20.7. The summed E-state index contributed by atoms with van der Waals surface area (Å²) in [6.45, 7) is 9.91. The highest BCUT2D eigenvalue weighted by Crippen LogP contribution is 2.32. The van der Waals surface area contributed by atoms with E-state index in [1.165, 1.54) is 0 Å². The maximum absolute atomic E-state index is 5.56. The minimum Gasteiger partial charge on any atom is -0.380 e. The Morgan fingerprint density at radius 3 is 2.93 bits per heavy atom. The Hall–Kier alpha value is -2.78. The van der Waals surface area contributed by atoms with Crippen LogP contribution in [0, 0.1) is 13.8 Å². The number of pyridine rings is 1. The molecular weight excluding hydrogens is 380 g/mol. The van der Waals surface area contributed by atoms with Crippen LogP contribution < -0.4 is 15.5 Å². The molecule has 2 atom stereocenters. The summed E-state index contributed by atoms with van der Waals surface area (Å²) in [4.78, 5) is 16.7. The quantitative estimate of drug-likeness (QED) is 0.575. The van der Waals surface area contributed by atoms with Crippen molar-refractivity contribution >= 4 is 28.6 Å². The first-order valence-electron chi connectivity index (χ1n) is 10.6. The van der Waals surface area contributed by atoms with Crippen molar-refractivity contribution in [1.29, 1.82) is 0 Å². The number of hydrogen-bond acceptors (Lipinski definition) is 8. The van der Waals surface area contributed by atoms with Crippen molar-refractivity contribution in [2.24, 2.45) is 0 Å². The Morgan fingerprint density at radius 1 is 1.30 bits per heavy atom. The van der Waals surface area contributed by atoms with Gasteiger partial charge in [0.2, 0.25) is 5.95 Å². The molecular formula is C21H28N8O. The maximum atomic E-state index is 5.56. The van der Waals surface area contributed by atoms with Gasteiger partial charge in [-0.15, -0.1) is 0 Å². The van der Waals surface area contributed by atoms with E-state index in [1.54, 1.807) is 6.20 Å². The van der Waals surface area contributed by atoms with E-state index in [1.807, 2.05) is 30.7 Å². The molecule has 9 nitrogen and oxygen atoms in total. The molecule has 2 bridgehead atoms. The van der Waals surface area contributed by atoms with Gasteiger partial charge in [-0.1, -0.05) is 0 Å². The van der Waals surface area contributed by atoms with E-state index in [2.05, 4.69) is 27.4 Å². The van der Waals surface area contributed by atoms with E-state index in [4.69, 9.17) is 19.8 Å². The van der Waals surface area contributed by atoms with Crippen molar-refractivity contribution in [3.63, 3.8) is 0 Å². The summed E-state index contributed by atoms with van der Waals surface area (Å²) in [5, 5.41) is 11.7. The molecule has 5 heterocycles. The molecule has 9 heteroatoms. The van der Waals surface area contributed by atoms with E-state index >= 15 is 0 Å². The van der Waals surface area contributed by atoms with Gasteiger partial charge in [0.25, 0.3) is 0 Å². The number of nitrogens with zero attached hydrogens (tertiary/aromatic N) is 6. The lowest BCUT2D eigenvalue weighted by Crippen LogP contribution is -2.44. The molecule has 0 aromatic carbocycles. The SMILES string of the molecule is CCOCCn1nc(C)c2nc(N3CC4C[C@H]3CN4)nc(Nc3cc(C)ccn3)c21. The molecule has 3 aromatic rings. The van der Waals surface area contributed by atoms with Gasteiger partial charge in [-0.05, 0) is 44.9 Å². The first kappa shape index (κ1) is 19.2. The zero-order valence-corrected chi connectivity index (χ0v) is 17.7. The van der Waals surface area contributed by atoms with Crippen LogP contribution in [0.1, 0.15) is 24.6 Å². The number of nitrogens with one attached hydrogen (secondary N) is 2. The lowest BCUT2D eigenvalue weighted by atomic mass is 10.2. The van der Waals surface area contributed by atoms with Gasteiger partial charge >= 0.3 is 0 Å². The number of aromatic nitrogens is 5. The average molecular weight is 409 g/mol. The van der Waals surface area contributed by atoms with Gasteiger partial charge in [-0.25, -0.2) is 9.97 Å². The van der Waals surface area contributed by atoms with Gasteiger partial charge in [0.1, 0.15) is 16.9 Å². The molecule has 2 N–H and O–H groups in total.